The first-order chi connectivity index (χ1) is 12.1. The minimum atomic E-state index is -0.825. The normalized spacial score (nSPS) is 18.4. The molecule has 5 nitrogen and oxygen atoms in total. The Morgan fingerprint density at radius 2 is 1.60 bits per heavy atom. The Morgan fingerprint density at radius 1 is 0.960 bits per heavy atom. The summed E-state index contributed by atoms with van der Waals surface area (Å²) in [6.45, 7) is 0. The van der Waals surface area contributed by atoms with E-state index in [-0.39, 0.29) is 22.0 Å². The molecule has 0 unspecified atom stereocenters. The van der Waals surface area contributed by atoms with E-state index in [1.165, 1.54) is 0 Å². The Balaban J connectivity index is 1.87. The number of fused-ring (bicyclic) bond motifs is 1. The fourth-order valence-electron chi connectivity index (χ4n) is 3.17. The van der Waals surface area contributed by atoms with Crippen LogP contribution < -0.4 is 10.3 Å². The molecule has 4 rings (SSSR count). The molecule has 3 aromatic rings. The van der Waals surface area contributed by atoms with Gasteiger partial charge in [0.05, 0.1) is 11.5 Å². The van der Waals surface area contributed by atoms with Crippen LogP contribution in [0.1, 0.15) is 27.4 Å². The highest BCUT2D eigenvalue weighted by Gasteiger charge is 2.43. The number of ketones is 1. The number of benzene rings is 2. The van der Waals surface area contributed by atoms with Crippen LogP contribution in [0.5, 0.6) is 5.88 Å². The van der Waals surface area contributed by atoms with E-state index < -0.39 is 12.0 Å². The molecule has 2 N–H and O–H groups in total. The fourth-order valence-corrected chi connectivity index (χ4v) is 3.36. The van der Waals surface area contributed by atoms with E-state index in [2.05, 4.69) is 9.97 Å². The molecular weight excluding hydrogens is 336 g/mol. The molecule has 0 fully saturated rings. The molecule has 0 aliphatic carbocycles. The van der Waals surface area contributed by atoms with Gasteiger partial charge in [0.2, 0.25) is 11.7 Å². The smallest absolute Gasteiger partial charge is 0.259 e. The Labute approximate surface area is 148 Å². The van der Waals surface area contributed by atoms with Gasteiger partial charge in [-0.25, -0.2) is 0 Å². The summed E-state index contributed by atoms with van der Waals surface area (Å²) >= 11 is 5.02. The third kappa shape index (κ3) is 2.70. The SMILES string of the molecule is O=C(c1ccccc1)[C@H]1Oc2[nH]c(=S)[nH]c(=O)c2[C@H]1c1ccccc1. The second-order valence-electron chi connectivity index (χ2n) is 5.81. The summed E-state index contributed by atoms with van der Waals surface area (Å²) in [7, 11) is 0. The van der Waals surface area contributed by atoms with Crippen molar-refractivity contribution in [3.63, 3.8) is 0 Å². The van der Waals surface area contributed by atoms with Crippen molar-refractivity contribution in [1.82, 2.24) is 9.97 Å². The van der Waals surface area contributed by atoms with Gasteiger partial charge >= 0.3 is 0 Å². The van der Waals surface area contributed by atoms with Crippen molar-refractivity contribution in [1.29, 1.82) is 0 Å². The van der Waals surface area contributed by atoms with E-state index >= 15 is 0 Å². The molecule has 0 bridgehead atoms. The van der Waals surface area contributed by atoms with Crippen LogP contribution in [-0.2, 0) is 0 Å². The van der Waals surface area contributed by atoms with Crippen LogP contribution in [0.3, 0.4) is 0 Å². The first-order valence-electron chi connectivity index (χ1n) is 7.82. The zero-order valence-electron chi connectivity index (χ0n) is 13.1. The van der Waals surface area contributed by atoms with Gasteiger partial charge in [0.25, 0.3) is 5.56 Å². The zero-order valence-corrected chi connectivity index (χ0v) is 13.9. The molecule has 2 atom stereocenters. The summed E-state index contributed by atoms with van der Waals surface area (Å²) in [5, 5.41) is 0. The third-order valence-corrected chi connectivity index (χ3v) is 4.48. The van der Waals surface area contributed by atoms with Gasteiger partial charge in [-0.3, -0.25) is 14.6 Å². The van der Waals surface area contributed by atoms with Gasteiger partial charge in [-0.2, -0.15) is 0 Å². The van der Waals surface area contributed by atoms with Crippen molar-refractivity contribution in [2.75, 3.05) is 0 Å². The maximum absolute atomic E-state index is 13.0. The first-order valence-corrected chi connectivity index (χ1v) is 8.23. The molecule has 2 aromatic carbocycles. The highest BCUT2D eigenvalue weighted by atomic mass is 32.1. The molecule has 1 aliphatic heterocycles. The summed E-state index contributed by atoms with van der Waals surface area (Å²) in [4.78, 5) is 30.9. The number of aromatic amines is 2. The maximum Gasteiger partial charge on any atom is 0.259 e. The highest BCUT2D eigenvalue weighted by Crippen LogP contribution is 2.40. The van der Waals surface area contributed by atoms with Crippen LogP contribution in [-0.4, -0.2) is 21.9 Å². The van der Waals surface area contributed by atoms with Crippen molar-refractivity contribution in [3.05, 3.63) is 92.5 Å². The quantitative estimate of drug-likeness (QED) is 0.562. The average molecular weight is 350 g/mol. The number of hydrogen-bond acceptors (Lipinski definition) is 4. The predicted molar refractivity (Wildman–Crippen MR) is 95.7 cm³/mol. The van der Waals surface area contributed by atoms with E-state index in [0.717, 1.165) is 5.56 Å². The third-order valence-electron chi connectivity index (χ3n) is 4.28. The van der Waals surface area contributed by atoms with Crippen LogP contribution >= 0.6 is 12.2 Å². The summed E-state index contributed by atoms with van der Waals surface area (Å²) in [5.41, 5.74) is 1.44. The Morgan fingerprint density at radius 3 is 2.28 bits per heavy atom. The number of hydrogen-bond donors (Lipinski definition) is 2. The molecule has 0 spiro atoms. The van der Waals surface area contributed by atoms with E-state index in [4.69, 9.17) is 17.0 Å². The topological polar surface area (TPSA) is 75.0 Å². The van der Waals surface area contributed by atoms with E-state index in [9.17, 15) is 9.59 Å². The first kappa shape index (κ1) is 15.5. The molecule has 0 radical (unpaired) electrons. The summed E-state index contributed by atoms with van der Waals surface area (Å²) < 4.78 is 6.03. The number of carbonyl (C=O) groups excluding carboxylic acids is 1. The number of aromatic nitrogens is 2. The minimum absolute atomic E-state index is 0.170. The van der Waals surface area contributed by atoms with Crippen molar-refractivity contribution in [3.8, 4) is 5.88 Å². The number of ether oxygens (including phenoxy) is 1. The van der Waals surface area contributed by atoms with Gasteiger partial charge < -0.3 is 9.72 Å². The zero-order chi connectivity index (χ0) is 17.4. The highest BCUT2D eigenvalue weighted by molar-refractivity contribution is 7.71. The van der Waals surface area contributed by atoms with Crippen LogP contribution in [0.25, 0.3) is 0 Å². The number of rotatable bonds is 3. The molecule has 0 amide bonds. The summed E-state index contributed by atoms with van der Waals surface area (Å²) in [6.07, 6.45) is -0.825. The molecule has 25 heavy (non-hydrogen) atoms. The van der Waals surface area contributed by atoms with Gasteiger partial charge in [0.1, 0.15) is 0 Å². The molecule has 6 heteroatoms. The summed E-state index contributed by atoms with van der Waals surface area (Å²) in [5.74, 6) is -0.416. The molecule has 2 heterocycles. The van der Waals surface area contributed by atoms with Crippen LogP contribution in [0.15, 0.2) is 65.5 Å². The summed E-state index contributed by atoms with van der Waals surface area (Å²) in [6, 6.07) is 18.3. The molecular formula is C19H14N2O3S. The molecule has 0 saturated carbocycles. The van der Waals surface area contributed by atoms with E-state index in [1.807, 2.05) is 36.4 Å². The number of Topliss-reactive ketones (excluding diaryl/α,β-unsaturated/α-hetero) is 1. The van der Waals surface area contributed by atoms with Gasteiger partial charge in [-0.1, -0.05) is 60.7 Å². The van der Waals surface area contributed by atoms with Gasteiger partial charge in [0, 0.05) is 5.56 Å². The lowest BCUT2D eigenvalue weighted by molar-refractivity contribution is 0.0801. The van der Waals surface area contributed by atoms with Crippen molar-refractivity contribution >= 4 is 18.0 Å². The Bertz CT molecular complexity index is 1040. The minimum Gasteiger partial charge on any atom is -0.466 e. The van der Waals surface area contributed by atoms with Gasteiger partial charge in [-0.05, 0) is 17.8 Å². The monoisotopic (exact) mass is 350 g/mol. The lowest BCUT2D eigenvalue weighted by atomic mass is 9.86. The van der Waals surface area contributed by atoms with Crippen LogP contribution in [0.2, 0.25) is 0 Å². The largest absolute Gasteiger partial charge is 0.466 e. The Kier molecular flexibility index (Phi) is 3.82. The second-order valence-corrected chi connectivity index (χ2v) is 6.22. The van der Waals surface area contributed by atoms with Crippen LogP contribution in [0, 0.1) is 4.77 Å². The predicted octanol–water partition coefficient (Wildman–Crippen LogP) is 3.21. The molecule has 1 aromatic heterocycles. The fraction of sp³-hybridized carbons (Fsp3) is 0.105. The van der Waals surface area contributed by atoms with E-state index in [1.54, 1.807) is 24.3 Å². The average Bonchev–Trinajstić information content (AvgIpc) is 3.02. The number of nitrogens with one attached hydrogen (secondary N) is 2. The molecule has 124 valence electrons. The van der Waals surface area contributed by atoms with E-state index in [0.29, 0.717) is 11.1 Å². The lowest BCUT2D eigenvalue weighted by Gasteiger charge is -2.18. The number of carbonyl (C=O) groups is 1. The van der Waals surface area contributed by atoms with Gasteiger partial charge in [-0.15, -0.1) is 0 Å². The number of H-pyrrole nitrogens is 2. The van der Waals surface area contributed by atoms with Crippen molar-refractivity contribution in [2.24, 2.45) is 0 Å². The standard InChI is InChI=1S/C19H14N2O3S/c22-15(12-9-5-2-6-10-12)16-13(11-7-3-1-4-8-11)14-17(23)20-19(25)21-18(14)24-16/h1-10,13,16H,(H2,20,21,23,25)/t13-,16+/m1/s1. The second kappa shape index (κ2) is 6.14. The Hall–Kier alpha value is -2.99. The van der Waals surface area contributed by atoms with Crippen molar-refractivity contribution in [2.45, 2.75) is 12.0 Å². The molecule has 1 aliphatic rings. The molecule has 0 saturated heterocycles. The lowest BCUT2D eigenvalue weighted by Crippen LogP contribution is -2.31. The van der Waals surface area contributed by atoms with Crippen molar-refractivity contribution < 1.29 is 9.53 Å². The van der Waals surface area contributed by atoms with Crippen LogP contribution in [0.4, 0.5) is 0 Å². The van der Waals surface area contributed by atoms with Gasteiger partial charge in [0.15, 0.2) is 10.9 Å². The maximum atomic E-state index is 13.0.